The summed E-state index contributed by atoms with van der Waals surface area (Å²) in [7, 11) is -3.52. The van der Waals surface area contributed by atoms with Gasteiger partial charge in [-0.3, -0.25) is 10.2 Å². The van der Waals surface area contributed by atoms with Gasteiger partial charge in [0.25, 0.3) is 5.91 Å². The largest absolute Gasteiger partial charge is 0.349 e. The number of para-hydroxylation sites is 1. The second-order valence-electron chi connectivity index (χ2n) is 3.62. The molecule has 0 aliphatic rings. The van der Waals surface area contributed by atoms with E-state index >= 15 is 0 Å². The number of H-pyrrole nitrogens is 1. The number of carbonyl (C=O) groups is 1. The summed E-state index contributed by atoms with van der Waals surface area (Å²) in [5.74, 6) is 4.36. The zero-order valence-corrected chi connectivity index (χ0v) is 9.84. The van der Waals surface area contributed by atoms with Crippen molar-refractivity contribution in [1.29, 1.82) is 0 Å². The third kappa shape index (κ3) is 1.90. The van der Waals surface area contributed by atoms with Gasteiger partial charge in [-0.15, -0.1) is 0 Å². The highest BCUT2D eigenvalue weighted by Crippen LogP contribution is 2.26. The van der Waals surface area contributed by atoms with Gasteiger partial charge in [0.2, 0.25) is 0 Å². The fraction of sp³-hybridized carbons (Fsp3) is 0.100. The van der Waals surface area contributed by atoms with Crippen LogP contribution in [0.1, 0.15) is 10.5 Å². The number of nitrogens with one attached hydrogen (secondary N) is 2. The van der Waals surface area contributed by atoms with Gasteiger partial charge >= 0.3 is 0 Å². The predicted molar refractivity (Wildman–Crippen MR) is 63.1 cm³/mol. The Bertz CT molecular complexity index is 688. The fourth-order valence-electron chi connectivity index (χ4n) is 1.73. The molecule has 0 radical (unpaired) electrons. The molecule has 0 fully saturated rings. The summed E-state index contributed by atoms with van der Waals surface area (Å²) < 4.78 is 23.4. The molecule has 1 aromatic carbocycles. The Hall–Kier alpha value is -1.86. The average molecular weight is 253 g/mol. The molecule has 1 aromatic heterocycles. The van der Waals surface area contributed by atoms with Crippen LogP contribution in [0.15, 0.2) is 29.2 Å². The first kappa shape index (κ1) is 11.6. The Labute approximate surface area is 97.7 Å². The van der Waals surface area contributed by atoms with E-state index < -0.39 is 15.7 Å². The molecule has 0 unspecified atom stereocenters. The normalized spacial score (nSPS) is 11.6. The Morgan fingerprint density at radius 2 is 2.00 bits per heavy atom. The van der Waals surface area contributed by atoms with Crippen molar-refractivity contribution in [2.75, 3.05) is 6.26 Å². The van der Waals surface area contributed by atoms with Crippen molar-refractivity contribution in [3.05, 3.63) is 30.0 Å². The maximum absolute atomic E-state index is 11.7. The smallest absolute Gasteiger partial charge is 0.282 e. The number of hydrogen-bond acceptors (Lipinski definition) is 4. The average Bonchev–Trinajstić information content (AvgIpc) is 2.66. The van der Waals surface area contributed by atoms with Gasteiger partial charge < -0.3 is 4.98 Å². The van der Waals surface area contributed by atoms with E-state index in [-0.39, 0.29) is 10.6 Å². The van der Waals surface area contributed by atoms with Crippen LogP contribution in [0.2, 0.25) is 0 Å². The van der Waals surface area contributed by atoms with Crippen LogP contribution in [0.4, 0.5) is 0 Å². The zero-order chi connectivity index (χ0) is 12.6. The van der Waals surface area contributed by atoms with Gasteiger partial charge in [-0.1, -0.05) is 18.2 Å². The fourth-order valence-corrected chi connectivity index (χ4v) is 2.83. The molecule has 0 aliphatic heterocycles. The first-order valence-electron chi connectivity index (χ1n) is 4.77. The molecule has 90 valence electrons. The molecular weight excluding hydrogens is 242 g/mol. The lowest BCUT2D eigenvalue weighted by atomic mass is 10.2. The van der Waals surface area contributed by atoms with Crippen molar-refractivity contribution < 1.29 is 13.2 Å². The van der Waals surface area contributed by atoms with E-state index in [0.717, 1.165) is 6.26 Å². The minimum absolute atomic E-state index is 0.0314. The number of nitrogen functional groups attached to an aromatic ring is 1. The number of hydrazine groups is 1. The molecule has 0 bridgehead atoms. The van der Waals surface area contributed by atoms with Crippen LogP contribution in [-0.2, 0) is 9.84 Å². The monoisotopic (exact) mass is 253 g/mol. The van der Waals surface area contributed by atoms with Crippen LogP contribution in [0.25, 0.3) is 10.9 Å². The molecule has 0 atom stereocenters. The highest BCUT2D eigenvalue weighted by molar-refractivity contribution is 7.91. The molecule has 0 aliphatic carbocycles. The van der Waals surface area contributed by atoms with Crippen LogP contribution in [-0.4, -0.2) is 25.6 Å². The molecule has 7 heteroatoms. The van der Waals surface area contributed by atoms with E-state index in [9.17, 15) is 13.2 Å². The van der Waals surface area contributed by atoms with E-state index in [1.165, 1.54) is 0 Å². The first-order valence-corrected chi connectivity index (χ1v) is 6.66. The minimum atomic E-state index is -3.52. The lowest BCUT2D eigenvalue weighted by Gasteiger charge is -2.00. The van der Waals surface area contributed by atoms with Crippen LogP contribution < -0.4 is 11.3 Å². The molecule has 6 nitrogen and oxygen atoms in total. The standard InChI is InChI=1S/C10H11N3O3S/c1-17(15,16)9-6-4-2-3-5-7(6)12-8(9)10(14)13-11/h2-5,12H,11H2,1H3,(H,13,14). The van der Waals surface area contributed by atoms with Crippen molar-refractivity contribution in [2.45, 2.75) is 4.90 Å². The van der Waals surface area contributed by atoms with Crippen molar-refractivity contribution in [3.63, 3.8) is 0 Å². The van der Waals surface area contributed by atoms with E-state index in [0.29, 0.717) is 10.9 Å². The molecule has 4 N–H and O–H groups in total. The summed E-state index contributed by atoms with van der Waals surface area (Å²) in [4.78, 5) is 14.2. The Morgan fingerprint density at radius 1 is 1.35 bits per heavy atom. The first-order chi connectivity index (χ1) is 7.95. The number of hydrogen-bond donors (Lipinski definition) is 3. The number of nitrogens with two attached hydrogens (primary N) is 1. The number of amides is 1. The van der Waals surface area contributed by atoms with E-state index in [2.05, 4.69) is 4.98 Å². The molecule has 0 spiro atoms. The number of sulfone groups is 1. The van der Waals surface area contributed by atoms with Crippen molar-refractivity contribution in [2.24, 2.45) is 5.84 Å². The summed E-state index contributed by atoms with van der Waals surface area (Å²) >= 11 is 0. The Balaban J connectivity index is 2.89. The van der Waals surface area contributed by atoms with Crippen molar-refractivity contribution in [1.82, 2.24) is 10.4 Å². The Kier molecular flexibility index (Phi) is 2.64. The third-order valence-corrected chi connectivity index (χ3v) is 3.55. The number of rotatable bonds is 2. The molecule has 1 amide bonds. The summed E-state index contributed by atoms with van der Waals surface area (Å²) in [6.07, 6.45) is 1.05. The van der Waals surface area contributed by atoms with Gasteiger partial charge in [0.15, 0.2) is 9.84 Å². The second kappa shape index (κ2) is 3.86. The molecule has 0 saturated heterocycles. The highest BCUT2D eigenvalue weighted by atomic mass is 32.2. The van der Waals surface area contributed by atoms with Gasteiger partial charge in [-0.05, 0) is 6.07 Å². The molecule has 17 heavy (non-hydrogen) atoms. The quantitative estimate of drug-likeness (QED) is 0.403. The summed E-state index contributed by atoms with van der Waals surface area (Å²) in [6, 6.07) is 6.77. The molecule has 1 heterocycles. The van der Waals surface area contributed by atoms with Gasteiger partial charge in [-0.25, -0.2) is 14.3 Å². The maximum Gasteiger partial charge on any atom is 0.282 e. The highest BCUT2D eigenvalue weighted by Gasteiger charge is 2.23. The minimum Gasteiger partial charge on any atom is -0.349 e. The molecule has 2 aromatic rings. The van der Waals surface area contributed by atoms with Crippen molar-refractivity contribution in [3.8, 4) is 0 Å². The van der Waals surface area contributed by atoms with Gasteiger partial charge in [-0.2, -0.15) is 0 Å². The van der Waals surface area contributed by atoms with Gasteiger partial charge in [0, 0.05) is 17.2 Å². The van der Waals surface area contributed by atoms with Crippen LogP contribution in [0.3, 0.4) is 0 Å². The zero-order valence-electron chi connectivity index (χ0n) is 9.02. The topological polar surface area (TPSA) is 105 Å². The molecular formula is C10H11N3O3S. The number of carbonyl (C=O) groups excluding carboxylic acids is 1. The molecule has 2 rings (SSSR count). The number of aromatic amines is 1. The lowest BCUT2D eigenvalue weighted by Crippen LogP contribution is -2.31. The lowest BCUT2D eigenvalue weighted by molar-refractivity contribution is 0.0946. The van der Waals surface area contributed by atoms with Crippen LogP contribution in [0.5, 0.6) is 0 Å². The number of benzene rings is 1. The SMILES string of the molecule is CS(=O)(=O)c1c(C(=O)NN)[nH]c2ccccc12. The number of aromatic nitrogens is 1. The summed E-state index contributed by atoms with van der Waals surface area (Å²) in [6.45, 7) is 0. The van der Waals surface area contributed by atoms with Crippen LogP contribution >= 0.6 is 0 Å². The number of fused-ring (bicyclic) bond motifs is 1. The van der Waals surface area contributed by atoms with E-state index in [1.807, 2.05) is 5.43 Å². The molecule has 0 saturated carbocycles. The Morgan fingerprint density at radius 3 is 2.59 bits per heavy atom. The van der Waals surface area contributed by atoms with E-state index in [4.69, 9.17) is 5.84 Å². The van der Waals surface area contributed by atoms with Crippen LogP contribution in [0, 0.1) is 0 Å². The summed E-state index contributed by atoms with van der Waals surface area (Å²) in [5.41, 5.74) is 2.45. The predicted octanol–water partition coefficient (Wildman–Crippen LogP) is 0.175. The summed E-state index contributed by atoms with van der Waals surface area (Å²) in [5, 5.41) is 0.480. The van der Waals surface area contributed by atoms with Crippen molar-refractivity contribution >= 4 is 26.6 Å². The van der Waals surface area contributed by atoms with E-state index in [1.54, 1.807) is 24.3 Å². The third-order valence-electron chi connectivity index (χ3n) is 2.39. The van der Waals surface area contributed by atoms with Gasteiger partial charge in [0.05, 0.1) is 0 Å². The van der Waals surface area contributed by atoms with Gasteiger partial charge in [0.1, 0.15) is 10.6 Å². The maximum atomic E-state index is 11.7. The second-order valence-corrected chi connectivity index (χ2v) is 5.57.